The molecule has 0 saturated carbocycles. The highest BCUT2D eigenvalue weighted by atomic mass is 16.6. The largest absolute Gasteiger partial charge is 0.459 e. The lowest BCUT2D eigenvalue weighted by Gasteiger charge is -2.21. The fourth-order valence-electron chi connectivity index (χ4n) is 8.72. The number of nitrogens with two attached hydrogens (primary N) is 1. The average Bonchev–Trinajstić information content (AvgIpc) is 3.67. The van der Waals surface area contributed by atoms with Gasteiger partial charge in [-0.05, 0) is 66.8 Å². The number of unbranched alkanes of at least 4 members (excludes halogenated alkanes) is 15. The molecule has 0 spiro atoms. The summed E-state index contributed by atoms with van der Waals surface area (Å²) in [6, 6.07) is 17.9. The molecule has 0 radical (unpaired) electrons. The lowest BCUT2D eigenvalue weighted by molar-refractivity contribution is -0.385. The van der Waals surface area contributed by atoms with Crippen LogP contribution in [0.2, 0.25) is 0 Å². The lowest BCUT2D eigenvalue weighted by atomic mass is 9.98. The van der Waals surface area contributed by atoms with Gasteiger partial charge in [0.1, 0.15) is 31.3 Å². The number of rotatable bonds is 35. The van der Waals surface area contributed by atoms with Gasteiger partial charge >= 0.3 is 12.1 Å². The number of hydrogen-bond donors (Lipinski definition) is 5. The second-order valence-electron chi connectivity index (χ2n) is 18.4. The second-order valence-corrected chi connectivity index (χ2v) is 18.4. The number of fused-ring (bicyclic) bond motifs is 3. The first-order chi connectivity index (χ1) is 33.9. The van der Waals surface area contributed by atoms with E-state index in [9.17, 15) is 38.9 Å². The third-order valence-electron chi connectivity index (χ3n) is 12.8. The zero-order chi connectivity index (χ0) is 50.5. The number of carbonyl (C=O) groups excluding carboxylic acids is 6. The summed E-state index contributed by atoms with van der Waals surface area (Å²) in [4.78, 5) is 88.1. The van der Waals surface area contributed by atoms with Crippen molar-refractivity contribution in [1.82, 2.24) is 21.3 Å². The number of ether oxygens (including phenoxy) is 2. The summed E-state index contributed by atoms with van der Waals surface area (Å²) in [6.07, 6.45) is 18.9. The number of nitro benzene ring substituents is 1. The van der Waals surface area contributed by atoms with E-state index in [0.717, 1.165) is 41.5 Å². The molecule has 3 aromatic carbocycles. The van der Waals surface area contributed by atoms with Gasteiger partial charge < -0.3 is 36.5 Å². The van der Waals surface area contributed by atoms with E-state index in [2.05, 4.69) is 28.2 Å². The number of nitrogens with one attached hydrogen (secondary N) is 4. The minimum absolute atomic E-state index is 0.0329. The van der Waals surface area contributed by atoms with E-state index >= 15 is 0 Å². The monoisotopic (exact) mass is 969 g/mol. The van der Waals surface area contributed by atoms with Gasteiger partial charge in [-0.3, -0.25) is 29.3 Å². The summed E-state index contributed by atoms with van der Waals surface area (Å²) in [5.74, 6) is -3.27. The first-order valence-electron chi connectivity index (χ1n) is 25.5. The molecule has 0 fully saturated rings. The molecule has 382 valence electrons. The van der Waals surface area contributed by atoms with Crippen molar-refractivity contribution in [2.24, 2.45) is 5.73 Å². The minimum atomic E-state index is -1.29. The molecule has 0 bridgehead atoms. The van der Waals surface area contributed by atoms with Crippen molar-refractivity contribution in [1.29, 1.82) is 0 Å². The first kappa shape index (κ1) is 56.3. The van der Waals surface area contributed by atoms with Crippen LogP contribution in [0.5, 0.6) is 0 Å². The number of alkyl carbamates (subject to hydrolysis) is 1. The molecule has 0 aliphatic heterocycles. The van der Waals surface area contributed by atoms with Crippen LogP contribution >= 0.6 is 0 Å². The second kappa shape index (κ2) is 31.7. The molecule has 16 nitrogen and oxygen atoms in total. The number of nitro groups is 1. The Morgan fingerprint density at radius 2 is 1.23 bits per heavy atom. The Hall–Kier alpha value is -6.32. The smallest absolute Gasteiger partial charge is 0.407 e. The predicted molar refractivity (Wildman–Crippen MR) is 269 cm³/mol. The molecule has 70 heavy (non-hydrogen) atoms. The average molecular weight is 969 g/mol. The zero-order valence-electron chi connectivity index (χ0n) is 41.3. The van der Waals surface area contributed by atoms with E-state index in [4.69, 9.17) is 15.2 Å². The number of benzene rings is 3. The van der Waals surface area contributed by atoms with Crippen LogP contribution in [0.15, 0.2) is 72.8 Å². The highest BCUT2D eigenvalue weighted by Crippen LogP contribution is 2.44. The van der Waals surface area contributed by atoms with Gasteiger partial charge in [0, 0.05) is 37.4 Å². The van der Waals surface area contributed by atoms with Gasteiger partial charge in [0.25, 0.3) is 5.69 Å². The fourth-order valence-corrected chi connectivity index (χ4v) is 8.72. The predicted octanol–water partition coefficient (Wildman–Crippen LogP) is 9.35. The Kier molecular flexibility index (Phi) is 25.5. The van der Waals surface area contributed by atoms with Crippen LogP contribution in [0.4, 0.5) is 10.5 Å². The van der Waals surface area contributed by atoms with Crippen LogP contribution in [0, 0.1) is 10.1 Å². The van der Waals surface area contributed by atoms with Gasteiger partial charge in [0.05, 0.1) is 4.92 Å². The fraction of sp³-hybridized carbons (Fsp3) is 0.556. The van der Waals surface area contributed by atoms with Crippen molar-refractivity contribution in [3.8, 4) is 11.1 Å². The summed E-state index contributed by atoms with van der Waals surface area (Å²) in [5, 5.41) is 21.8. The maximum absolute atomic E-state index is 13.3. The van der Waals surface area contributed by atoms with Crippen molar-refractivity contribution < 1.29 is 43.2 Å². The number of carbonyl (C=O) groups is 6. The third-order valence-corrected chi connectivity index (χ3v) is 12.8. The van der Waals surface area contributed by atoms with Crippen molar-refractivity contribution in [2.45, 2.75) is 179 Å². The maximum Gasteiger partial charge on any atom is 0.407 e. The topological polar surface area (TPSA) is 238 Å². The van der Waals surface area contributed by atoms with Crippen LogP contribution in [-0.2, 0) is 40.1 Å². The molecule has 0 heterocycles. The van der Waals surface area contributed by atoms with Gasteiger partial charge in [-0.25, -0.2) is 9.59 Å². The first-order valence-corrected chi connectivity index (χ1v) is 25.5. The number of amides is 5. The lowest BCUT2D eigenvalue weighted by Crippen LogP contribution is -2.52. The van der Waals surface area contributed by atoms with Crippen LogP contribution in [-0.4, -0.2) is 71.9 Å². The van der Waals surface area contributed by atoms with Crippen LogP contribution in [0.1, 0.15) is 171 Å². The highest BCUT2D eigenvalue weighted by Gasteiger charge is 2.30. The molecule has 1 aliphatic rings. The van der Waals surface area contributed by atoms with E-state index in [0.29, 0.717) is 31.4 Å². The Bertz CT molecular complexity index is 2100. The Labute approximate surface area is 413 Å². The number of primary amides is 1. The Balaban J connectivity index is 1.17. The van der Waals surface area contributed by atoms with Crippen LogP contribution in [0.3, 0.4) is 0 Å². The van der Waals surface area contributed by atoms with Gasteiger partial charge in [0.15, 0.2) is 0 Å². The standard InChI is InChI=1S/C54H76N6O10/c1-3-4-5-6-7-8-9-10-11-12-13-14-15-16-17-32-49(61)56-35-23-22-31-48(53(65)69-37-40-25-24-26-41(36-40)60(67)68)58-50(62)34-33-47(51(55)63)59-52(64)39(2)57-54(66)70-38-46-44-29-20-18-27-42(44)43-28-19-21-30-45(43)46/h18-21,24-30,36,39,46-48H,3-17,22-23,31-35,37-38H2,1-2H3,(H2,55,63)(H,56,61)(H,57,66)(H,58,62)(H,59,64)/t39-,47+,48-/m0/s1. The molecule has 3 atom stereocenters. The summed E-state index contributed by atoms with van der Waals surface area (Å²) in [5.41, 5.74) is 10.0. The van der Waals surface area contributed by atoms with E-state index in [1.807, 2.05) is 48.5 Å². The summed E-state index contributed by atoms with van der Waals surface area (Å²) >= 11 is 0. The molecule has 3 aromatic rings. The van der Waals surface area contributed by atoms with E-state index in [1.54, 1.807) is 6.07 Å². The van der Waals surface area contributed by atoms with Gasteiger partial charge in [-0.1, -0.05) is 157 Å². The summed E-state index contributed by atoms with van der Waals surface area (Å²) in [6.45, 7) is 3.80. The Morgan fingerprint density at radius 1 is 0.643 bits per heavy atom. The Morgan fingerprint density at radius 3 is 1.81 bits per heavy atom. The number of non-ortho nitro benzene ring substituents is 1. The molecule has 0 aromatic heterocycles. The summed E-state index contributed by atoms with van der Waals surface area (Å²) in [7, 11) is 0. The van der Waals surface area contributed by atoms with E-state index in [-0.39, 0.29) is 50.0 Å². The van der Waals surface area contributed by atoms with Crippen molar-refractivity contribution in [3.63, 3.8) is 0 Å². The van der Waals surface area contributed by atoms with Gasteiger partial charge in [-0.2, -0.15) is 0 Å². The van der Waals surface area contributed by atoms with Crippen LogP contribution in [0.25, 0.3) is 11.1 Å². The van der Waals surface area contributed by atoms with Gasteiger partial charge in [0.2, 0.25) is 23.6 Å². The molecular weight excluding hydrogens is 893 g/mol. The molecule has 6 N–H and O–H groups in total. The quantitative estimate of drug-likeness (QED) is 0.0162. The third kappa shape index (κ3) is 20.3. The summed E-state index contributed by atoms with van der Waals surface area (Å²) < 4.78 is 11.0. The molecule has 16 heteroatoms. The van der Waals surface area contributed by atoms with E-state index < -0.39 is 52.8 Å². The molecule has 0 saturated heterocycles. The molecule has 0 unspecified atom stereocenters. The molecular formula is C54H76N6O10. The van der Waals surface area contributed by atoms with Crippen molar-refractivity contribution in [2.75, 3.05) is 13.2 Å². The molecule has 1 aliphatic carbocycles. The number of nitrogens with zero attached hydrogens (tertiary/aromatic N) is 1. The van der Waals surface area contributed by atoms with Gasteiger partial charge in [-0.15, -0.1) is 0 Å². The molecule has 4 rings (SSSR count). The normalized spacial score (nSPS) is 12.9. The van der Waals surface area contributed by atoms with Crippen LogP contribution < -0.4 is 27.0 Å². The number of esters is 1. The van der Waals surface area contributed by atoms with E-state index in [1.165, 1.54) is 102 Å². The maximum atomic E-state index is 13.3. The zero-order valence-corrected chi connectivity index (χ0v) is 41.3. The van der Waals surface area contributed by atoms with Crippen molar-refractivity contribution >= 4 is 41.4 Å². The molecule has 5 amide bonds. The SMILES string of the molecule is CCCCCCCCCCCCCCCCCC(=O)NCCCC[C@H](NC(=O)CC[C@@H](NC(=O)[C@H](C)NC(=O)OCC1c2ccccc2-c2ccccc21)C(N)=O)C(=O)OCc1cccc([N+](=O)[O-])c1. The van der Waals surface area contributed by atoms with Crippen molar-refractivity contribution in [3.05, 3.63) is 99.6 Å². The minimum Gasteiger partial charge on any atom is -0.459 e. The highest BCUT2D eigenvalue weighted by molar-refractivity contribution is 5.91. The number of hydrogen-bond acceptors (Lipinski definition) is 10.